The monoisotopic (exact) mass is 416 g/mol. The van der Waals surface area contributed by atoms with Crippen LogP contribution in [0.5, 0.6) is 0 Å². The minimum Gasteiger partial charge on any atom is -0.352 e. The fourth-order valence-electron chi connectivity index (χ4n) is 4.41. The second kappa shape index (κ2) is 10.2. The van der Waals surface area contributed by atoms with E-state index >= 15 is 0 Å². The van der Waals surface area contributed by atoms with Gasteiger partial charge in [-0.05, 0) is 33.1 Å². The minimum absolute atomic E-state index is 0.0403. The van der Waals surface area contributed by atoms with Crippen molar-refractivity contribution < 1.29 is 9.59 Å². The number of nitrogens with zero attached hydrogens (tertiary/aromatic N) is 3. The van der Waals surface area contributed by atoms with E-state index in [0.29, 0.717) is 25.7 Å². The molecule has 1 aromatic heterocycles. The van der Waals surface area contributed by atoms with Gasteiger partial charge in [0.1, 0.15) is 11.1 Å². The van der Waals surface area contributed by atoms with Crippen LogP contribution >= 0.6 is 0 Å². The van der Waals surface area contributed by atoms with E-state index in [9.17, 15) is 14.4 Å². The highest BCUT2D eigenvalue weighted by molar-refractivity contribution is 5.99. The molecule has 7 heteroatoms. The van der Waals surface area contributed by atoms with Crippen LogP contribution in [0.1, 0.15) is 86.1 Å². The van der Waals surface area contributed by atoms with E-state index in [1.54, 1.807) is 21.9 Å². The topological polar surface area (TPSA) is 74.7 Å². The average molecular weight is 417 g/mol. The first kappa shape index (κ1) is 22.5. The second-order valence-corrected chi connectivity index (χ2v) is 8.83. The van der Waals surface area contributed by atoms with Crippen molar-refractivity contribution in [2.24, 2.45) is 0 Å². The first-order valence-electron chi connectivity index (χ1n) is 11.5. The first-order valence-corrected chi connectivity index (χ1v) is 11.5. The molecule has 3 rings (SSSR count). The lowest BCUT2D eigenvalue weighted by molar-refractivity contribution is 0.0571. The zero-order chi connectivity index (χ0) is 21.7. The van der Waals surface area contributed by atoms with Crippen molar-refractivity contribution in [3.63, 3.8) is 0 Å². The predicted molar refractivity (Wildman–Crippen MR) is 118 cm³/mol. The normalized spacial score (nSPS) is 18.2. The van der Waals surface area contributed by atoms with Gasteiger partial charge < -0.3 is 14.8 Å². The van der Waals surface area contributed by atoms with E-state index in [1.807, 2.05) is 20.8 Å². The number of unbranched alkanes of at least 4 members (excludes halogenated alkanes) is 1. The van der Waals surface area contributed by atoms with Crippen LogP contribution in [0.25, 0.3) is 0 Å². The van der Waals surface area contributed by atoms with Crippen molar-refractivity contribution in [3.8, 4) is 0 Å². The smallest absolute Gasteiger partial charge is 0.259 e. The third-order valence-electron chi connectivity index (χ3n) is 6.38. The lowest BCUT2D eigenvalue weighted by Crippen LogP contribution is -2.52. The fourth-order valence-corrected chi connectivity index (χ4v) is 4.41. The number of piperazine rings is 1. The highest BCUT2D eigenvalue weighted by atomic mass is 16.2. The lowest BCUT2D eigenvalue weighted by Gasteiger charge is -2.38. The standard InChI is InChI=1S/C23H36N4O3/c1-4-5-10-24-22(29)19-15-27(17(2)3)16-20(21(19)28)23(30)26-13-11-25(12-14-26)18-8-6-7-9-18/h15-18H,4-14H2,1-3H3,(H,24,29). The molecule has 0 unspecified atom stereocenters. The summed E-state index contributed by atoms with van der Waals surface area (Å²) >= 11 is 0. The average Bonchev–Trinajstić information content (AvgIpc) is 3.28. The van der Waals surface area contributed by atoms with Gasteiger partial charge in [-0.3, -0.25) is 19.3 Å². The molecule has 1 aromatic rings. The summed E-state index contributed by atoms with van der Waals surface area (Å²) in [6.45, 7) is 9.47. The second-order valence-electron chi connectivity index (χ2n) is 8.83. The Morgan fingerprint density at radius 2 is 1.70 bits per heavy atom. The molecule has 2 heterocycles. The lowest BCUT2D eigenvalue weighted by atomic mass is 10.1. The molecule has 0 spiro atoms. The van der Waals surface area contributed by atoms with Crippen LogP contribution in [-0.2, 0) is 0 Å². The molecule has 2 fully saturated rings. The van der Waals surface area contributed by atoms with E-state index in [0.717, 1.165) is 25.9 Å². The molecule has 1 saturated carbocycles. The molecule has 1 aliphatic carbocycles. The predicted octanol–water partition coefficient (Wildman–Crippen LogP) is 2.66. The number of aromatic nitrogens is 1. The van der Waals surface area contributed by atoms with Gasteiger partial charge in [0, 0.05) is 57.2 Å². The van der Waals surface area contributed by atoms with Gasteiger partial charge in [0.15, 0.2) is 0 Å². The highest BCUT2D eigenvalue weighted by Crippen LogP contribution is 2.24. The molecule has 1 N–H and O–H groups in total. The summed E-state index contributed by atoms with van der Waals surface area (Å²) in [6.07, 6.45) is 10.1. The fraction of sp³-hybridized carbons (Fsp3) is 0.696. The zero-order valence-electron chi connectivity index (χ0n) is 18.7. The van der Waals surface area contributed by atoms with E-state index in [1.165, 1.54) is 25.7 Å². The summed E-state index contributed by atoms with van der Waals surface area (Å²) in [6, 6.07) is 0.689. The Hall–Kier alpha value is -2.15. The largest absolute Gasteiger partial charge is 0.352 e. The van der Waals surface area contributed by atoms with E-state index in [4.69, 9.17) is 0 Å². The summed E-state index contributed by atoms with van der Waals surface area (Å²) in [4.78, 5) is 43.1. The molecule has 30 heavy (non-hydrogen) atoms. The van der Waals surface area contributed by atoms with Crippen LogP contribution < -0.4 is 10.7 Å². The van der Waals surface area contributed by atoms with Crippen LogP contribution in [0, 0.1) is 0 Å². The van der Waals surface area contributed by atoms with Gasteiger partial charge in [0.2, 0.25) is 5.43 Å². The molecular weight excluding hydrogens is 380 g/mol. The number of carbonyl (C=O) groups is 2. The number of hydrogen-bond donors (Lipinski definition) is 1. The maximum Gasteiger partial charge on any atom is 0.259 e. The molecule has 166 valence electrons. The number of carbonyl (C=O) groups excluding carboxylic acids is 2. The van der Waals surface area contributed by atoms with Crippen LogP contribution in [0.2, 0.25) is 0 Å². The molecular formula is C23H36N4O3. The Balaban J connectivity index is 1.77. The van der Waals surface area contributed by atoms with E-state index in [2.05, 4.69) is 10.2 Å². The third kappa shape index (κ3) is 5.12. The van der Waals surface area contributed by atoms with Gasteiger partial charge in [-0.1, -0.05) is 26.2 Å². The van der Waals surface area contributed by atoms with Gasteiger partial charge in [-0.15, -0.1) is 0 Å². The van der Waals surface area contributed by atoms with Gasteiger partial charge in [-0.2, -0.15) is 0 Å². The van der Waals surface area contributed by atoms with Gasteiger partial charge in [-0.25, -0.2) is 0 Å². The quantitative estimate of drug-likeness (QED) is 0.694. The summed E-state index contributed by atoms with van der Waals surface area (Å²) in [5, 5.41) is 2.81. The van der Waals surface area contributed by atoms with Crippen molar-refractivity contribution >= 4 is 11.8 Å². The Bertz CT molecular complexity index is 803. The van der Waals surface area contributed by atoms with Crippen LogP contribution in [-0.4, -0.2) is 64.9 Å². The number of nitrogens with one attached hydrogen (secondary N) is 1. The van der Waals surface area contributed by atoms with Crippen molar-refractivity contribution in [1.82, 2.24) is 19.7 Å². The molecule has 7 nitrogen and oxygen atoms in total. The maximum absolute atomic E-state index is 13.2. The molecule has 0 aromatic carbocycles. The summed E-state index contributed by atoms with van der Waals surface area (Å²) in [7, 11) is 0. The molecule has 0 atom stereocenters. The van der Waals surface area contributed by atoms with Gasteiger partial charge in [0.25, 0.3) is 11.8 Å². The SMILES string of the molecule is CCCCNC(=O)c1cn(C(C)C)cc(C(=O)N2CCN(C3CCCC3)CC2)c1=O. The first-order chi connectivity index (χ1) is 14.4. The number of pyridine rings is 1. The van der Waals surface area contributed by atoms with E-state index in [-0.39, 0.29) is 23.1 Å². The Labute approximate surface area is 179 Å². The van der Waals surface area contributed by atoms with Crippen molar-refractivity contribution in [3.05, 3.63) is 33.7 Å². The third-order valence-corrected chi connectivity index (χ3v) is 6.38. The molecule has 1 saturated heterocycles. The van der Waals surface area contributed by atoms with Gasteiger partial charge in [0.05, 0.1) is 0 Å². The number of hydrogen-bond acceptors (Lipinski definition) is 4. The molecule has 1 aliphatic heterocycles. The van der Waals surface area contributed by atoms with Crippen molar-refractivity contribution in [1.29, 1.82) is 0 Å². The Kier molecular flexibility index (Phi) is 7.69. The van der Waals surface area contributed by atoms with Gasteiger partial charge >= 0.3 is 0 Å². The Morgan fingerprint density at radius 3 is 2.30 bits per heavy atom. The van der Waals surface area contributed by atoms with E-state index < -0.39 is 11.3 Å². The minimum atomic E-state index is -0.468. The zero-order valence-corrected chi connectivity index (χ0v) is 18.7. The van der Waals surface area contributed by atoms with Crippen LogP contribution in [0.3, 0.4) is 0 Å². The molecule has 0 radical (unpaired) electrons. The molecule has 2 amide bonds. The Morgan fingerprint density at radius 1 is 1.07 bits per heavy atom. The van der Waals surface area contributed by atoms with Crippen LogP contribution in [0.4, 0.5) is 0 Å². The highest BCUT2D eigenvalue weighted by Gasteiger charge is 2.30. The van der Waals surface area contributed by atoms with Crippen molar-refractivity contribution in [2.75, 3.05) is 32.7 Å². The van der Waals surface area contributed by atoms with Crippen molar-refractivity contribution in [2.45, 2.75) is 71.4 Å². The maximum atomic E-state index is 13.2. The summed E-state index contributed by atoms with van der Waals surface area (Å²) in [5.41, 5.74) is -0.319. The number of amides is 2. The summed E-state index contributed by atoms with van der Waals surface area (Å²) < 4.78 is 1.79. The summed E-state index contributed by atoms with van der Waals surface area (Å²) in [5.74, 6) is -0.660. The van der Waals surface area contributed by atoms with Crippen LogP contribution in [0.15, 0.2) is 17.2 Å². The number of rotatable bonds is 7. The molecule has 2 aliphatic rings. The molecule has 0 bridgehead atoms.